The maximum absolute atomic E-state index is 6.26. The lowest BCUT2D eigenvalue weighted by Gasteiger charge is -2.35. The Labute approximate surface area is 114 Å². The topological polar surface area (TPSA) is 122 Å². The van der Waals surface area contributed by atoms with E-state index in [1.165, 1.54) is 0 Å². The van der Waals surface area contributed by atoms with E-state index in [-0.39, 0.29) is 5.54 Å². The number of hydrogen-bond acceptors (Lipinski definition) is 5. The molecule has 0 spiro atoms. The van der Waals surface area contributed by atoms with Crippen molar-refractivity contribution in [3.63, 3.8) is 0 Å². The number of rotatable bonds is 2. The number of fused-ring (bicyclic) bond motifs is 1. The summed E-state index contributed by atoms with van der Waals surface area (Å²) in [5.74, 6) is 1.97. The number of hydrogen-bond donors (Lipinski definition) is 4. The van der Waals surface area contributed by atoms with E-state index >= 15 is 0 Å². The van der Waals surface area contributed by atoms with E-state index in [4.69, 9.17) is 11.5 Å². The summed E-state index contributed by atoms with van der Waals surface area (Å²) < 4.78 is 0. The van der Waals surface area contributed by atoms with Crippen molar-refractivity contribution < 1.29 is 0 Å². The molecule has 0 aromatic carbocycles. The fraction of sp³-hybridized carbons (Fsp3) is 0.308. The molecule has 102 valence electrons. The highest BCUT2D eigenvalue weighted by molar-refractivity contribution is 5.76. The Morgan fingerprint density at radius 3 is 2.75 bits per heavy atom. The van der Waals surface area contributed by atoms with Gasteiger partial charge in [0.05, 0.1) is 17.3 Å². The minimum Gasteiger partial charge on any atom is -0.384 e. The van der Waals surface area contributed by atoms with Crippen LogP contribution in [0.15, 0.2) is 18.3 Å². The Kier molecular flexibility index (Phi) is 2.17. The van der Waals surface area contributed by atoms with Crippen LogP contribution < -0.4 is 11.5 Å². The fourth-order valence-corrected chi connectivity index (χ4v) is 2.52. The number of aromatic amines is 2. The first-order valence-corrected chi connectivity index (χ1v) is 6.61. The Bertz CT molecular complexity index is 781. The third-order valence-corrected chi connectivity index (χ3v) is 3.92. The molecule has 1 aliphatic rings. The maximum atomic E-state index is 6.26. The van der Waals surface area contributed by atoms with Crippen molar-refractivity contribution in [3.05, 3.63) is 24.2 Å². The van der Waals surface area contributed by atoms with Gasteiger partial charge in [0.1, 0.15) is 17.3 Å². The normalized spacial score (nSPS) is 17.2. The van der Waals surface area contributed by atoms with Crippen LogP contribution in [0.4, 0.5) is 5.82 Å². The average molecular weight is 269 g/mol. The number of anilines is 1. The average Bonchev–Trinajstić information content (AvgIpc) is 3.01. The maximum Gasteiger partial charge on any atom is 0.180 e. The quantitative estimate of drug-likeness (QED) is 0.558. The third-order valence-electron chi connectivity index (χ3n) is 3.92. The van der Waals surface area contributed by atoms with Gasteiger partial charge >= 0.3 is 0 Å². The summed E-state index contributed by atoms with van der Waals surface area (Å²) in [7, 11) is 0. The second-order valence-electron chi connectivity index (χ2n) is 5.35. The highest BCUT2D eigenvalue weighted by atomic mass is 15.1. The van der Waals surface area contributed by atoms with Gasteiger partial charge in [-0.25, -0.2) is 15.0 Å². The number of nitrogen functional groups attached to an aromatic ring is 1. The Morgan fingerprint density at radius 1 is 1.15 bits per heavy atom. The van der Waals surface area contributed by atoms with Crippen LogP contribution >= 0.6 is 0 Å². The first-order chi connectivity index (χ1) is 9.64. The minimum atomic E-state index is -0.299. The van der Waals surface area contributed by atoms with Crippen molar-refractivity contribution in [2.75, 3.05) is 5.73 Å². The van der Waals surface area contributed by atoms with E-state index in [9.17, 15) is 0 Å². The summed E-state index contributed by atoms with van der Waals surface area (Å²) in [6, 6.07) is 3.60. The molecular formula is C13H15N7. The number of nitrogens with one attached hydrogen (secondary N) is 2. The summed E-state index contributed by atoms with van der Waals surface area (Å²) in [6.07, 6.45) is 4.85. The van der Waals surface area contributed by atoms with Gasteiger partial charge in [0.2, 0.25) is 0 Å². The van der Waals surface area contributed by atoms with Gasteiger partial charge in [0, 0.05) is 0 Å². The monoisotopic (exact) mass is 269 g/mol. The van der Waals surface area contributed by atoms with Gasteiger partial charge in [-0.3, -0.25) is 0 Å². The summed E-state index contributed by atoms with van der Waals surface area (Å²) >= 11 is 0. The molecule has 20 heavy (non-hydrogen) atoms. The summed E-state index contributed by atoms with van der Waals surface area (Å²) in [5, 5.41) is 0. The van der Waals surface area contributed by atoms with Gasteiger partial charge in [-0.05, 0) is 31.4 Å². The van der Waals surface area contributed by atoms with Crippen molar-refractivity contribution in [3.8, 4) is 11.5 Å². The summed E-state index contributed by atoms with van der Waals surface area (Å²) in [6.45, 7) is 0. The van der Waals surface area contributed by atoms with Gasteiger partial charge in [-0.2, -0.15) is 0 Å². The zero-order valence-corrected chi connectivity index (χ0v) is 10.8. The first kappa shape index (κ1) is 11.4. The van der Waals surface area contributed by atoms with Crippen LogP contribution in [0.2, 0.25) is 0 Å². The predicted molar refractivity (Wildman–Crippen MR) is 75.6 cm³/mol. The van der Waals surface area contributed by atoms with Gasteiger partial charge in [-0.15, -0.1) is 0 Å². The number of nitrogens with two attached hydrogens (primary N) is 2. The number of H-pyrrole nitrogens is 2. The van der Waals surface area contributed by atoms with Gasteiger partial charge in [0.25, 0.3) is 0 Å². The highest BCUT2D eigenvalue weighted by Gasteiger charge is 2.37. The van der Waals surface area contributed by atoms with Crippen LogP contribution in [-0.4, -0.2) is 24.9 Å². The van der Waals surface area contributed by atoms with Crippen LogP contribution in [0, 0.1) is 0 Å². The first-order valence-electron chi connectivity index (χ1n) is 6.61. The molecule has 3 aromatic rings. The predicted octanol–water partition coefficient (Wildman–Crippen LogP) is 1.27. The standard InChI is InChI=1S/C13H15N7/c14-9-3-2-7-10(19-9)20-11(17-7)8-6-16-12(18-8)13(15)4-1-5-13/h2-3,6H,1,4-5,15H2,(H,16,18)(H3,14,17,19,20). The molecule has 0 radical (unpaired) electrons. The van der Waals surface area contributed by atoms with Gasteiger partial charge < -0.3 is 21.4 Å². The van der Waals surface area contributed by atoms with Crippen LogP contribution in [0.5, 0.6) is 0 Å². The van der Waals surface area contributed by atoms with Crippen LogP contribution in [-0.2, 0) is 5.54 Å². The Hall–Kier alpha value is -2.41. The lowest BCUT2D eigenvalue weighted by Crippen LogP contribution is -2.44. The van der Waals surface area contributed by atoms with E-state index in [2.05, 4.69) is 24.9 Å². The molecule has 4 rings (SSSR count). The Balaban J connectivity index is 1.75. The number of pyridine rings is 1. The van der Waals surface area contributed by atoms with Crippen molar-refractivity contribution >= 4 is 17.0 Å². The van der Waals surface area contributed by atoms with Crippen molar-refractivity contribution in [2.24, 2.45) is 5.73 Å². The van der Waals surface area contributed by atoms with Crippen molar-refractivity contribution in [1.29, 1.82) is 0 Å². The smallest absolute Gasteiger partial charge is 0.180 e. The zero-order valence-electron chi connectivity index (χ0n) is 10.8. The Morgan fingerprint density at radius 2 is 2.00 bits per heavy atom. The largest absolute Gasteiger partial charge is 0.384 e. The molecule has 6 N–H and O–H groups in total. The SMILES string of the molecule is Nc1ccc2[nH]c(-c3cnc(C4(N)CCC4)[nH]3)nc2n1. The molecule has 1 saturated carbocycles. The molecule has 3 aromatic heterocycles. The second kappa shape index (κ2) is 3.80. The van der Waals surface area contributed by atoms with Gasteiger partial charge in [0.15, 0.2) is 11.5 Å². The second-order valence-corrected chi connectivity index (χ2v) is 5.35. The molecular weight excluding hydrogens is 254 g/mol. The summed E-state index contributed by atoms with van der Waals surface area (Å²) in [4.78, 5) is 19.5. The molecule has 0 amide bonds. The van der Waals surface area contributed by atoms with Crippen LogP contribution in [0.25, 0.3) is 22.7 Å². The van der Waals surface area contributed by atoms with E-state index in [0.29, 0.717) is 17.3 Å². The molecule has 7 heteroatoms. The van der Waals surface area contributed by atoms with E-state index in [1.54, 1.807) is 12.3 Å². The van der Waals surface area contributed by atoms with Crippen molar-refractivity contribution in [1.82, 2.24) is 24.9 Å². The molecule has 0 atom stereocenters. The number of aromatic nitrogens is 5. The van der Waals surface area contributed by atoms with Crippen molar-refractivity contribution in [2.45, 2.75) is 24.8 Å². The molecule has 0 aliphatic heterocycles. The number of imidazole rings is 2. The molecule has 0 saturated heterocycles. The molecule has 0 bridgehead atoms. The third kappa shape index (κ3) is 1.60. The lowest BCUT2D eigenvalue weighted by atomic mass is 9.77. The molecule has 7 nitrogen and oxygen atoms in total. The summed E-state index contributed by atoms with van der Waals surface area (Å²) in [5.41, 5.74) is 13.9. The lowest BCUT2D eigenvalue weighted by molar-refractivity contribution is 0.240. The molecule has 1 fully saturated rings. The van der Waals surface area contributed by atoms with Gasteiger partial charge in [-0.1, -0.05) is 0 Å². The van der Waals surface area contributed by atoms with Crippen LogP contribution in [0.3, 0.4) is 0 Å². The highest BCUT2D eigenvalue weighted by Crippen LogP contribution is 2.37. The zero-order chi connectivity index (χ0) is 13.7. The van der Waals surface area contributed by atoms with E-state index in [0.717, 1.165) is 36.3 Å². The number of nitrogens with zero attached hydrogens (tertiary/aromatic N) is 3. The van der Waals surface area contributed by atoms with E-state index < -0.39 is 0 Å². The molecule has 1 aliphatic carbocycles. The molecule has 3 heterocycles. The molecule has 0 unspecified atom stereocenters. The fourth-order valence-electron chi connectivity index (χ4n) is 2.52. The minimum absolute atomic E-state index is 0.299. The van der Waals surface area contributed by atoms with E-state index in [1.807, 2.05) is 6.07 Å². The van der Waals surface area contributed by atoms with Crippen LogP contribution in [0.1, 0.15) is 25.1 Å².